The van der Waals surface area contributed by atoms with Gasteiger partial charge in [-0.05, 0) is 42.3 Å². The molecule has 0 aliphatic carbocycles. The number of alkyl halides is 3. The molecule has 2 aromatic rings. The van der Waals surface area contributed by atoms with Gasteiger partial charge in [-0.25, -0.2) is 4.79 Å². The molecule has 0 saturated heterocycles. The number of ether oxygens (including phenoxy) is 1. The van der Waals surface area contributed by atoms with Crippen molar-refractivity contribution in [3.8, 4) is 0 Å². The summed E-state index contributed by atoms with van der Waals surface area (Å²) in [5.41, 5.74) is 0.974. The van der Waals surface area contributed by atoms with Crippen LogP contribution in [-0.2, 0) is 15.7 Å². The van der Waals surface area contributed by atoms with Crippen molar-refractivity contribution in [1.82, 2.24) is 0 Å². The molecule has 2 rings (SSSR count). The number of hydrogen-bond donors (Lipinski definition) is 0. The first kappa shape index (κ1) is 18.5. The highest BCUT2D eigenvalue weighted by atomic mass is 19.4. The highest BCUT2D eigenvalue weighted by Crippen LogP contribution is 2.29. The molecule has 0 N–H and O–H groups in total. The van der Waals surface area contributed by atoms with Gasteiger partial charge < -0.3 is 4.74 Å². The van der Waals surface area contributed by atoms with Crippen LogP contribution in [0.4, 0.5) is 13.2 Å². The topological polar surface area (TPSA) is 26.3 Å². The maximum absolute atomic E-state index is 12.6. The Kier molecular flexibility index (Phi) is 6.17. The second kappa shape index (κ2) is 8.33. The number of benzene rings is 2. The van der Waals surface area contributed by atoms with Gasteiger partial charge in [-0.1, -0.05) is 48.5 Å². The van der Waals surface area contributed by atoms with Gasteiger partial charge in [0.15, 0.2) is 0 Å². The van der Waals surface area contributed by atoms with E-state index in [0.29, 0.717) is 11.1 Å². The van der Waals surface area contributed by atoms with E-state index in [9.17, 15) is 18.0 Å². The summed E-state index contributed by atoms with van der Waals surface area (Å²) in [5, 5.41) is 0. The van der Waals surface area contributed by atoms with Gasteiger partial charge in [0.25, 0.3) is 0 Å². The van der Waals surface area contributed by atoms with Gasteiger partial charge in [-0.3, -0.25) is 0 Å². The second-order valence-electron chi connectivity index (χ2n) is 5.18. The molecule has 25 heavy (non-hydrogen) atoms. The van der Waals surface area contributed by atoms with Crippen molar-refractivity contribution in [2.24, 2.45) is 0 Å². The van der Waals surface area contributed by atoms with E-state index in [1.165, 1.54) is 18.2 Å². The van der Waals surface area contributed by atoms with E-state index in [-0.39, 0.29) is 6.61 Å². The van der Waals surface area contributed by atoms with Crippen LogP contribution in [0.2, 0.25) is 0 Å². The van der Waals surface area contributed by atoms with E-state index in [0.717, 1.165) is 17.7 Å². The largest absolute Gasteiger partial charge is 0.462 e. The summed E-state index contributed by atoms with van der Waals surface area (Å²) in [6, 6.07) is 13.9. The Bertz CT molecular complexity index is 758. The fourth-order valence-electron chi connectivity index (χ4n) is 2.09. The first-order chi connectivity index (χ1) is 11.9. The predicted molar refractivity (Wildman–Crippen MR) is 91.5 cm³/mol. The lowest BCUT2D eigenvalue weighted by atomic mass is 10.1. The number of carbonyl (C=O) groups excluding carboxylic acids is 1. The molecular formula is C20H17F3O2. The Balaban J connectivity index is 2.25. The van der Waals surface area contributed by atoms with Crippen molar-refractivity contribution in [2.45, 2.75) is 13.1 Å². The number of halogens is 3. The Morgan fingerprint density at radius 3 is 2.20 bits per heavy atom. The number of hydrogen-bond acceptors (Lipinski definition) is 2. The van der Waals surface area contributed by atoms with E-state index >= 15 is 0 Å². The smallest absolute Gasteiger partial charge is 0.416 e. The lowest BCUT2D eigenvalue weighted by Crippen LogP contribution is -2.06. The van der Waals surface area contributed by atoms with Crippen LogP contribution in [-0.4, -0.2) is 12.6 Å². The zero-order valence-electron chi connectivity index (χ0n) is 13.6. The minimum absolute atomic E-state index is 0.235. The minimum atomic E-state index is -4.37. The van der Waals surface area contributed by atoms with E-state index in [1.807, 2.05) is 30.3 Å². The minimum Gasteiger partial charge on any atom is -0.462 e. The van der Waals surface area contributed by atoms with Gasteiger partial charge >= 0.3 is 12.1 Å². The monoisotopic (exact) mass is 346 g/mol. The van der Waals surface area contributed by atoms with Crippen LogP contribution >= 0.6 is 0 Å². The van der Waals surface area contributed by atoms with Gasteiger partial charge in [0.05, 0.1) is 17.7 Å². The van der Waals surface area contributed by atoms with Gasteiger partial charge in [-0.15, -0.1) is 0 Å². The molecule has 0 fully saturated rings. The number of rotatable bonds is 5. The molecule has 2 aromatic carbocycles. The molecular weight excluding hydrogens is 329 g/mol. The summed E-state index contributed by atoms with van der Waals surface area (Å²) < 4.78 is 42.8. The molecule has 0 radical (unpaired) electrons. The van der Waals surface area contributed by atoms with Crippen LogP contribution in [0.1, 0.15) is 23.6 Å². The quantitative estimate of drug-likeness (QED) is 0.414. The summed E-state index contributed by atoms with van der Waals surface area (Å²) in [6.45, 7) is 1.94. The normalized spacial score (nSPS) is 12.4. The predicted octanol–water partition coefficient (Wildman–Crippen LogP) is 5.37. The Morgan fingerprint density at radius 1 is 1.00 bits per heavy atom. The molecule has 5 heteroatoms. The molecule has 0 aliphatic rings. The molecule has 0 amide bonds. The van der Waals surface area contributed by atoms with E-state index in [4.69, 9.17) is 4.74 Å². The highest BCUT2D eigenvalue weighted by Gasteiger charge is 2.29. The van der Waals surface area contributed by atoms with Gasteiger partial charge in [0, 0.05) is 0 Å². The number of esters is 1. The molecule has 0 saturated carbocycles. The molecule has 0 aliphatic heterocycles. The Morgan fingerprint density at radius 2 is 1.64 bits per heavy atom. The third-order valence-corrected chi connectivity index (χ3v) is 3.33. The average molecular weight is 346 g/mol. The molecule has 0 heterocycles. The summed E-state index contributed by atoms with van der Waals surface area (Å²) >= 11 is 0. The zero-order chi connectivity index (χ0) is 18.3. The van der Waals surface area contributed by atoms with Crippen LogP contribution in [0.5, 0.6) is 0 Å². The molecule has 0 aromatic heterocycles. The zero-order valence-corrected chi connectivity index (χ0v) is 13.6. The summed E-state index contributed by atoms with van der Waals surface area (Å²) in [4.78, 5) is 12.1. The molecule has 0 unspecified atom stereocenters. The molecule has 130 valence electrons. The maximum atomic E-state index is 12.6. The van der Waals surface area contributed by atoms with Gasteiger partial charge in [0.2, 0.25) is 0 Å². The summed E-state index contributed by atoms with van der Waals surface area (Å²) in [5.74, 6) is -0.491. The molecule has 0 atom stereocenters. The van der Waals surface area contributed by atoms with Crippen molar-refractivity contribution < 1.29 is 22.7 Å². The fraction of sp³-hybridized carbons (Fsp3) is 0.150. The van der Waals surface area contributed by atoms with Gasteiger partial charge in [-0.2, -0.15) is 13.2 Å². The Labute approximate surface area is 144 Å². The third-order valence-electron chi connectivity index (χ3n) is 3.33. The Hall–Kier alpha value is -2.82. The van der Waals surface area contributed by atoms with Crippen molar-refractivity contribution in [1.29, 1.82) is 0 Å². The lowest BCUT2D eigenvalue weighted by Gasteiger charge is -2.06. The van der Waals surface area contributed by atoms with Crippen LogP contribution in [0.15, 0.2) is 66.2 Å². The van der Waals surface area contributed by atoms with Gasteiger partial charge in [0.1, 0.15) is 0 Å². The van der Waals surface area contributed by atoms with Crippen LogP contribution < -0.4 is 0 Å². The average Bonchev–Trinajstić information content (AvgIpc) is 2.59. The van der Waals surface area contributed by atoms with Crippen LogP contribution in [0.25, 0.3) is 12.2 Å². The van der Waals surface area contributed by atoms with Crippen molar-refractivity contribution in [3.05, 3.63) is 82.9 Å². The first-order valence-electron chi connectivity index (χ1n) is 7.69. The van der Waals surface area contributed by atoms with E-state index < -0.39 is 17.7 Å². The van der Waals surface area contributed by atoms with E-state index in [2.05, 4.69) is 0 Å². The van der Waals surface area contributed by atoms with Crippen molar-refractivity contribution >= 4 is 18.1 Å². The van der Waals surface area contributed by atoms with Crippen LogP contribution in [0.3, 0.4) is 0 Å². The number of carbonyl (C=O) groups is 1. The standard InChI is InChI=1S/C20H17F3O2/c1-2-25-19(24)17(14-16-6-4-3-5-7-16)11-8-15-9-12-18(13-10-15)20(21,22)23/h3-14H,2H2,1H3/b11-8+,17-14+. The second-order valence-corrected chi connectivity index (χ2v) is 5.18. The van der Waals surface area contributed by atoms with E-state index in [1.54, 1.807) is 19.1 Å². The first-order valence-corrected chi connectivity index (χ1v) is 7.69. The highest BCUT2D eigenvalue weighted by molar-refractivity contribution is 5.97. The summed E-state index contributed by atoms with van der Waals surface area (Å²) in [7, 11) is 0. The maximum Gasteiger partial charge on any atom is 0.416 e. The molecule has 2 nitrogen and oxygen atoms in total. The summed E-state index contributed by atoms with van der Waals surface area (Å²) in [6.07, 6.45) is 0.406. The fourth-order valence-corrected chi connectivity index (χ4v) is 2.09. The SMILES string of the molecule is CCOC(=O)C(/C=C/c1ccc(C(F)(F)F)cc1)=C/c1ccccc1. The third kappa shape index (κ3) is 5.64. The van der Waals surface area contributed by atoms with Crippen molar-refractivity contribution in [3.63, 3.8) is 0 Å². The molecule has 0 spiro atoms. The van der Waals surface area contributed by atoms with Crippen molar-refractivity contribution in [2.75, 3.05) is 6.61 Å². The molecule has 0 bridgehead atoms. The van der Waals surface area contributed by atoms with Crippen LogP contribution in [0, 0.1) is 0 Å². The lowest BCUT2D eigenvalue weighted by molar-refractivity contribution is -0.138.